The summed E-state index contributed by atoms with van der Waals surface area (Å²) in [7, 11) is 0. The second-order valence-corrected chi connectivity index (χ2v) is 5.90. The first-order valence-electron chi connectivity index (χ1n) is 7.51. The molecule has 0 radical (unpaired) electrons. The zero-order chi connectivity index (χ0) is 14.1. The first-order chi connectivity index (χ1) is 9.15. The van der Waals surface area contributed by atoms with Crippen LogP contribution in [0.2, 0.25) is 0 Å². The number of aliphatic hydroxyl groups is 1. The number of nitrogens with one attached hydrogen (secondary N) is 1. The molecule has 0 saturated carbocycles. The van der Waals surface area contributed by atoms with E-state index in [1.165, 1.54) is 5.56 Å². The molecule has 0 saturated heterocycles. The van der Waals surface area contributed by atoms with Gasteiger partial charge in [-0.05, 0) is 42.7 Å². The van der Waals surface area contributed by atoms with Crippen molar-refractivity contribution < 1.29 is 5.11 Å². The smallest absolute Gasteiger partial charge is 0.0456 e. The average molecular weight is 263 g/mol. The lowest BCUT2D eigenvalue weighted by Crippen LogP contribution is -2.26. The molecule has 1 aromatic carbocycles. The Bertz CT molecular complexity index is 323. The predicted molar refractivity (Wildman–Crippen MR) is 82.4 cm³/mol. The molecule has 19 heavy (non-hydrogen) atoms. The van der Waals surface area contributed by atoms with Gasteiger partial charge in [-0.2, -0.15) is 0 Å². The molecule has 0 heterocycles. The first-order valence-corrected chi connectivity index (χ1v) is 7.51. The van der Waals surface area contributed by atoms with Gasteiger partial charge < -0.3 is 10.4 Å². The van der Waals surface area contributed by atoms with Crippen molar-refractivity contribution in [2.75, 3.05) is 19.7 Å². The molecule has 0 aromatic heterocycles. The van der Waals surface area contributed by atoms with Crippen molar-refractivity contribution in [3.05, 3.63) is 35.9 Å². The minimum absolute atomic E-state index is 0.304. The lowest BCUT2D eigenvalue weighted by Gasteiger charge is -2.22. The molecular formula is C17H29NO. The number of hydrogen-bond donors (Lipinski definition) is 2. The van der Waals surface area contributed by atoms with Gasteiger partial charge in [-0.1, -0.05) is 51.1 Å². The summed E-state index contributed by atoms with van der Waals surface area (Å²) >= 11 is 0. The van der Waals surface area contributed by atoms with Crippen LogP contribution in [0.5, 0.6) is 0 Å². The van der Waals surface area contributed by atoms with Crippen LogP contribution in [0.15, 0.2) is 30.3 Å². The summed E-state index contributed by atoms with van der Waals surface area (Å²) in [5, 5.41) is 12.5. The first kappa shape index (κ1) is 16.2. The summed E-state index contributed by atoms with van der Waals surface area (Å²) < 4.78 is 0. The van der Waals surface area contributed by atoms with Crippen LogP contribution >= 0.6 is 0 Å². The van der Waals surface area contributed by atoms with Crippen LogP contribution in [-0.4, -0.2) is 24.8 Å². The zero-order valence-electron chi connectivity index (χ0n) is 12.6. The summed E-state index contributed by atoms with van der Waals surface area (Å²) in [6.45, 7) is 9.05. The van der Waals surface area contributed by atoms with Crippen molar-refractivity contribution in [2.24, 2.45) is 11.8 Å². The number of rotatable bonds is 9. The Balaban J connectivity index is 2.32. The van der Waals surface area contributed by atoms with Gasteiger partial charge in [-0.25, -0.2) is 0 Å². The summed E-state index contributed by atoms with van der Waals surface area (Å²) in [5.41, 5.74) is 1.42. The molecule has 2 nitrogen and oxygen atoms in total. The third-order valence-electron chi connectivity index (χ3n) is 3.76. The Morgan fingerprint density at radius 1 is 1.11 bits per heavy atom. The standard InChI is InChI=1S/C17H29NO/c1-14(2)17(16-9-5-4-6-10-16)12-18-11-7-8-15(3)13-19/h4-6,9-10,14-15,17-19H,7-8,11-13H2,1-3H3. The van der Waals surface area contributed by atoms with E-state index in [-0.39, 0.29) is 0 Å². The Morgan fingerprint density at radius 2 is 1.79 bits per heavy atom. The minimum Gasteiger partial charge on any atom is -0.396 e. The highest BCUT2D eigenvalue weighted by molar-refractivity contribution is 5.20. The molecule has 0 amide bonds. The van der Waals surface area contributed by atoms with Crippen molar-refractivity contribution in [2.45, 2.75) is 39.5 Å². The Morgan fingerprint density at radius 3 is 2.37 bits per heavy atom. The van der Waals surface area contributed by atoms with Gasteiger partial charge in [0.25, 0.3) is 0 Å². The van der Waals surface area contributed by atoms with E-state index in [1.807, 2.05) is 0 Å². The minimum atomic E-state index is 0.304. The Kier molecular flexibility index (Phi) is 7.76. The molecule has 0 aliphatic carbocycles. The van der Waals surface area contributed by atoms with Crippen molar-refractivity contribution in [3.63, 3.8) is 0 Å². The largest absolute Gasteiger partial charge is 0.396 e. The molecule has 0 fully saturated rings. The lowest BCUT2D eigenvalue weighted by molar-refractivity contribution is 0.228. The maximum absolute atomic E-state index is 8.98. The summed E-state index contributed by atoms with van der Waals surface area (Å²) in [4.78, 5) is 0. The quantitative estimate of drug-likeness (QED) is 0.669. The second kappa shape index (κ2) is 9.11. The van der Waals surface area contributed by atoms with Crippen molar-refractivity contribution in [1.29, 1.82) is 0 Å². The van der Waals surface area contributed by atoms with E-state index >= 15 is 0 Å². The van der Waals surface area contributed by atoms with E-state index in [9.17, 15) is 0 Å². The van der Waals surface area contributed by atoms with E-state index in [2.05, 4.69) is 56.4 Å². The second-order valence-electron chi connectivity index (χ2n) is 5.90. The van der Waals surface area contributed by atoms with Crippen molar-refractivity contribution in [3.8, 4) is 0 Å². The molecule has 2 N–H and O–H groups in total. The fraction of sp³-hybridized carbons (Fsp3) is 0.647. The van der Waals surface area contributed by atoms with Crippen LogP contribution in [0.3, 0.4) is 0 Å². The van der Waals surface area contributed by atoms with E-state index in [0.29, 0.717) is 24.4 Å². The molecule has 1 aromatic rings. The summed E-state index contributed by atoms with van der Waals surface area (Å²) in [5.74, 6) is 1.65. The highest BCUT2D eigenvalue weighted by atomic mass is 16.3. The molecule has 0 aliphatic rings. The van der Waals surface area contributed by atoms with Crippen LogP contribution < -0.4 is 5.32 Å². The maximum atomic E-state index is 8.98. The average Bonchev–Trinajstić information content (AvgIpc) is 2.42. The molecule has 0 bridgehead atoms. The van der Waals surface area contributed by atoms with E-state index in [0.717, 1.165) is 25.9 Å². The van der Waals surface area contributed by atoms with Crippen LogP contribution in [0.25, 0.3) is 0 Å². The van der Waals surface area contributed by atoms with Crippen LogP contribution in [-0.2, 0) is 0 Å². The molecule has 0 spiro atoms. The fourth-order valence-corrected chi connectivity index (χ4v) is 2.36. The highest BCUT2D eigenvalue weighted by Gasteiger charge is 2.14. The van der Waals surface area contributed by atoms with E-state index in [4.69, 9.17) is 5.11 Å². The van der Waals surface area contributed by atoms with E-state index in [1.54, 1.807) is 0 Å². The van der Waals surface area contributed by atoms with Gasteiger partial charge in [0.2, 0.25) is 0 Å². The topological polar surface area (TPSA) is 32.3 Å². The zero-order valence-corrected chi connectivity index (χ0v) is 12.6. The van der Waals surface area contributed by atoms with Crippen LogP contribution in [0.4, 0.5) is 0 Å². The molecular weight excluding hydrogens is 234 g/mol. The molecule has 108 valence electrons. The van der Waals surface area contributed by atoms with Crippen LogP contribution in [0, 0.1) is 11.8 Å². The number of aliphatic hydroxyl groups excluding tert-OH is 1. The maximum Gasteiger partial charge on any atom is 0.0456 e. The molecule has 0 aliphatic heterocycles. The normalized spacial score (nSPS) is 14.6. The van der Waals surface area contributed by atoms with Gasteiger partial charge >= 0.3 is 0 Å². The molecule has 1 rings (SSSR count). The molecule has 2 unspecified atom stereocenters. The summed E-state index contributed by atoms with van der Waals surface area (Å²) in [6, 6.07) is 10.8. The third kappa shape index (κ3) is 6.22. The highest BCUT2D eigenvalue weighted by Crippen LogP contribution is 2.23. The third-order valence-corrected chi connectivity index (χ3v) is 3.76. The number of benzene rings is 1. The van der Waals surface area contributed by atoms with Gasteiger partial charge in [-0.15, -0.1) is 0 Å². The summed E-state index contributed by atoms with van der Waals surface area (Å²) in [6.07, 6.45) is 2.24. The van der Waals surface area contributed by atoms with Gasteiger partial charge in [0.05, 0.1) is 0 Å². The van der Waals surface area contributed by atoms with E-state index < -0.39 is 0 Å². The van der Waals surface area contributed by atoms with Gasteiger partial charge in [-0.3, -0.25) is 0 Å². The van der Waals surface area contributed by atoms with Gasteiger partial charge in [0.1, 0.15) is 0 Å². The monoisotopic (exact) mass is 263 g/mol. The fourth-order valence-electron chi connectivity index (χ4n) is 2.36. The van der Waals surface area contributed by atoms with Crippen molar-refractivity contribution >= 4 is 0 Å². The molecule has 2 heteroatoms. The Labute approximate surface area is 118 Å². The SMILES string of the molecule is CC(CO)CCCNCC(c1ccccc1)C(C)C. The van der Waals surface area contributed by atoms with Crippen molar-refractivity contribution in [1.82, 2.24) is 5.32 Å². The van der Waals surface area contributed by atoms with Gasteiger partial charge in [0.15, 0.2) is 0 Å². The number of hydrogen-bond acceptors (Lipinski definition) is 2. The lowest BCUT2D eigenvalue weighted by atomic mass is 9.88. The molecule has 2 atom stereocenters. The van der Waals surface area contributed by atoms with Crippen LogP contribution in [0.1, 0.15) is 45.1 Å². The Hall–Kier alpha value is -0.860. The van der Waals surface area contributed by atoms with Gasteiger partial charge in [0, 0.05) is 13.2 Å². The predicted octanol–water partition coefficient (Wildman–Crippen LogP) is 3.42.